The Bertz CT molecular complexity index is 615. The summed E-state index contributed by atoms with van der Waals surface area (Å²) in [5, 5.41) is 5.59. The van der Waals surface area contributed by atoms with Crippen LogP contribution in [0.5, 0.6) is 0 Å². The molecule has 110 valence electrons. The smallest absolute Gasteiger partial charge is 0.136 e. The van der Waals surface area contributed by atoms with Gasteiger partial charge in [-0.1, -0.05) is 12.1 Å². The molecule has 4 nitrogen and oxygen atoms in total. The Balaban J connectivity index is 2.27. The van der Waals surface area contributed by atoms with Crippen LogP contribution in [0.1, 0.15) is 45.0 Å². The quantitative estimate of drug-likeness (QED) is 0.885. The lowest BCUT2D eigenvalue weighted by Crippen LogP contribution is -2.40. The predicted octanol–water partition coefficient (Wildman–Crippen LogP) is 2.99. The second-order valence-corrected chi connectivity index (χ2v) is 8.20. The molecule has 1 unspecified atom stereocenters. The molecule has 0 saturated carbocycles. The average Bonchev–Trinajstić information content (AvgIpc) is 2.63. The van der Waals surface area contributed by atoms with Gasteiger partial charge >= 0.3 is 0 Å². The normalized spacial score (nSPS) is 15.6. The van der Waals surface area contributed by atoms with E-state index in [4.69, 9.17) is 0 Å². The van der Waals surface area contributed by atoms with Crippen molar-refractivity contribution in [3.63, 3.8) is 0 Å². The molecule has 20 heavy (non-hydrogen) atoms. The van der Waals surface area contributed by atoms with Gasteiger partial charge < -0.3 is 4.55 Å². The number of nitrogens with zero attached hydrogens (tertiary/aromatic N) is 2. The molecule has 0 saturated heterocycles. The van der Waals surface area contributed by atoms with E-state index in [1.807, 2.05) is 46.3 Å². The Labute approximate surface area is 123 Å². The molecule has 0 aliphatic heterocycles. The molecule has 0 spiro atoms. The number of aryl methyl sites for hydroxylation is 2. The van der Waals surface area contributed by atoms with Crippen LogP contribution in [-0.2, 0) is 18.4 Å². The summed E-state index contributed by atoms with van der Waals surface area (Å²) in [7, 11) is 1.95. The summed E-state index contributed by atoms with van der Waals surface area (Å²) in [5.41, 5.74) is 3.27. The first-order chi connectivity index (χ1) is 9.20. The van der Waals surface area contributed by atoms with E-state index in [1.54, 1.807) is 0 Å². The number of fused-ring (bicyclic) bond motifs is 1. The molecule has 0 bridgehead atoms. The number of nitrogens with one attached hydrogen (secondary N) is 1. The second kappa shape index (κ2) is 5.39. The van der Waals surface area contributed by atoms with Crippen molar-refractivity contribution in [2.75, 3.05) is 0 Å². The van der Waals surface area contributed by atoms with Crippen molar-refractivity contribution < 1.29 is 4.55 Å². The first-order valence-electron chi connectivity index (χ1n) is 6.81. The fraction of sp³-hybridized carbons (Fsp3) is 0.533. The molecule has 0 aliphatic carbocycles. The Hall–Kier alpha value is -1.04. The Morgan fingerprint density at radius 2 is 2.00 bits per heavy atom. The lowest BCUT2D eigenvalue weighted by molar-refractivity contribution is 0.531. The van der Waals surface area contributed by atoms with E-state index >= 15 is 0 Å². The maximum atomic E-state index is 12.2. The van der Waals surface area contributed by atoms with Crippen LogP contribution < -0.4 is 4.72 Å². The minimum absolute atomic E-state index is 0.0367. The fourth-order valence-corrected chi connectivity index (χ4v) is 2.94. The van der Waals surface area contributed by atoms with E-state index in [9.17, 15) is 4.55 Å². The molecule has 0 fully saturated rings. The summed E-state index contributed by atoms with van der Waals surface area (Å²) in [5.74, 6) is 0. The fourth-order valence-electron chi connectivity index (χ4n) is 2.13. The highest BCUT2D eigenvalue weighted by Gasteiger charge is 2.28. The molecule has 2 atom stereocenters. The largest absolute Gasteiger partial charge is 0.598 e. The number of hydrogen-bond donors (Lipinski definition) is 1. The van der Waals surface area contributed by atoms with Gasteiger partial charge in [0.2, 0.25) is 0 Å². The summed E-state index contributed by atoms with van der Waals surface area (Å²) in [4.78, 5) is 0. The van der Waals surface area contributed by atoms with Crippen molar-refractivity contribution in [1.29, 1.82) is 0 Å². The SMILES string of the molecule is Cc1nn(C)c2cc(C(C)N[S@+]([O-])C(C)(C)C)ccc12. The zero-order valence-electron chi connectivity index (χ0n) is 13.0. The molecule has 2 aromatic rings. The van der Waals surface area contributed by atoms with Crippen molar-refractivity contribution in [1.82, 2.24) is 14.5 Å². The van der Waals surface area contributed by atoms with E-state index in [0.29, 0.717) is 0 Å². The third-order valence-electron chi connectivity index (χ3n) is 3.40. The maximum Gasteiger partial charge on any atom is 0.136 e. The van der Waals surface area contributed by atoms with Gasteiger partial charge in [0.05, 0.1) is 17.3 Å². The Morgan fingerprint density at radius 1 is 1.35 bits per heavy atom. The molecule has 5 heteroatoms. The van der Waals surface area contributed by atoms with E-state index in [1.165, 1.54) is 5.39 Å². The van der Waals surface area contributed by atoms with Crippen LogP contribution in [0.2, 0.25) is 0 Å². The highest BCUT2D eigenvalue weighted by Crippen LogP contribution is 2.24. The van der Waals surface area contributed by atoms with Crippen molar-refractivity contribution in [3.05, 3.63) is 29.5 Å². The van der Waals surface area contributed by atoms with Crippen LogP contribution in [0.4, 0.5) is 0 Å². The van der Waals surface area contributed by atoms with E-state index in [-0.39, 0.29) is 10.8 Å². The highest BCUT2D eigenvalue weighted by molar-refractivity contribution is 7.90. The Kier molecular flexibility index (Phi) is 4.14. The summed E-state index contributed by atoms with van der Waals surface area (Å²) in [6.07, 6.45) is 0. The van der Waals surface area contributed by atoms with Crippen LogP contribution in [0.3, 0.4) is 0 Å². The van der Waals surface area contributed by atoms with Gasteiger partial charge in [-0.3, -0.25) is 4.68 Å². The van der Waals surface area contributed by atoms with Gasteiger partial charge in [0.15, 0.2) is 0 Å². The summed E-state index contributed by atoms with van der Waals surface area (Å²) < 4.78 is 17.0. The van der Waals surface area contributed by atoms with Crippen molar-refractivity contribution in [2.45, 2.75) is 45.4 Å². The number of rotatable bonds is 3. The standard InChI is InChI=1S/C15H23N3OS/c1-10(17-20(19)15(3,4)5)12-7-8-13-11(2)16-18(6)14(13)9-12/h7-10,17H,1-6H3/t10?,20-/m1/s1. The third kappa shape index (κ3) is 3.00. The van der Waals surface area contributed by atoms with Crippen LogP contribution >= 0.6 is 0 Å². The van der Waals surface area contributed by atoms with Gasteiger partial charge in [-0.25, -0.2) is 0 Å². The van der Waals surface area contributed by atoms with Crippen molar-refractivity contribution in [3.8, 4) is 0 Å². The number of aromatic nitrogens is 2. The first kappa shape index (κ1) is 15.4. The lowest BCUT2D eigenvalue weighted by Gasteiger charge is -2.26. The summed E-state index contributed by atoms with van der Waals surface area (Å²) in [6.45, 7) is 9.95. The van der Waals surface area contributed by atoms with Gasteiger partial charge in [0.25, 0.3) is 0 Å². The van der Waals surface area contributed by atoms with Gasteiger partial charge in [-0.05, 0) is 46.2 Å². The zero-order chi connectivity index (χ0) is 15.1. The zero-order valence-corrected chi connectivity index (χ0v) is 13.8. The molecule has 2 rings (SSSR count). The van der Waals surface area contributed by atoms with Crippen LogP contribution in [0.25, 0.3) is 10.9 Å². The monoisotopic (exact) mass is 293 g/mol. The molecule has 1 N–H and O–H groups in total. The third-order valence-corrected chi connectivity index (χ3v) is 5.08. The molecule has 0 aliphatic rings. The first-order valence-corrected chi connectivity index (χ1v) is 7.96. The molecular formula is C15H23N3OS. The minimum Gasteiger partial charge on any atom is -0.598 e. The highest BCUT2D eigenvalue weighted by atomic mass is 32.2. The van der Waals surface area contributed by atoms with Crippen LogP contribution in [-0.4, -0.2) is 19.1 Å². The predicted molar refractivity (Wildman–Crippen MR) is 84.9 cm³/mol. The second-order valence-electron chi connectivity index (χ2n) is 6.21. The molecule has 1 heterocycles. The van der Waals surface area contributed by atoms with Crippen molar-refractivity contribution >= 4 is 22.3 Å². The summed E-state index contributed by atoms with van der Waals surface area (Å²) >= 11 is -1.07. The van der Waals surface area contributed by atoms with Gasteiger partial charge in [0, 0.05) is 23.8 Å². The number of hydrogen-bond acceptors (Lipinski definition) is 3. The molecule has 1 aromatic carbocycles. The van der Waals surface area contributed by atoms with Crippen LogP contribution in [0, 0.1) is 6.92 Å². The molecule has 1 aromatic heterocycles. The van der Waals surface area contributed by atoms with E-state index in [0.717, 1.165) is 16.8 Å². The Morgan fingerprint density at radius 3 is 2.60 bits per heavy atom. The molecule has 0 amide bonds. The number of benzene rings is 1. The van der Waals surface area contributed by atoms with Crippen LogP contribution in [0.15, 0.2) is 18.2 Å². The molecule has 0 radical (unpaired) electrons. The van der Waals surface area contributed by atoms with Crippen molar-refractivity contribution in [2.24, 2.45) is 7.05 Å². The van der Waals surface area contributed by atoms with Gasteiger partial charge in [0.1, 0.15) is 4.75 Å². The minimum atomic E-state index is -1.07. The molecular weight excluding hydrogens is 270 g/mol. The van der Waals surface area contributed by atoms with Gasteiger partial charge in [-0.2, -0.15) is 5.10 Å². The summed E-state index contributed by atoms with van der Waals surface area (Å²) in [6, 6.07) is 6.32. The average molecular weight is 293 g/mol. The van der Waals surface area contributed by atoms with E-state index < -0.39 is 11.4 Å². The van der Waals surface area contributed by atoms with E-state index in [2.05, 4.69) is 28.0 Å². The lowest BCUT2D eigenvalue weighted by atomic mass is 10.1. The topological polar surface area (TPSA) is 52.9 Å². The van der Waals surface area contributed by atoms with Gasteiger partial charge in [-0.15, -0.1) is 4.72 Å². The maximum absolute atomic E-state index is 12.2.